The molecule has 0 amide bonds. The van der Waals surface area contributed by atoms with Gasteiger partial charge >= 0.3 is 0 Å². The maximum atomic E-state index is 10.4. The predicted octanol–water partition coefficient (Wildman–Crippen LogP) is 6.07. The van der Waals surface area contributed by atoms with Crippen molar-refractivity contribution in [1.29, 1.82) is 0 Å². The number of rotatable bonds is 2. The number of benzene rings is 2. The van der Waals surface area contributed by atoms with Crippen LogP contribution in [-0.2, 0) is 5.41 Å². The van der Waals surface area contributed by atoms with Gasteiger partial charge in [-0.25, -0.2) is 0 Å². The van der Waals surface area contributed by atoms with Gasteiger partial charge in [0.05, 0.1) is 0 Å². The first-order chi connectivity index (χ1) is 13.3. The van der Waals surface area contributed by atoms with Gasteiger partial charge in [0, 0.05) is 5.41 Å². The van der Waals surface area contributed by atoms with E-state index in [-0.39, 0.29) is 5.41 Å². The summed E-state index contributed by atoms with van der Waals surface area (Å²) in [7, 11) is 0. The zero-order valence-corrected chi connectivity index (χ0v) is 17.5. The van der Waals surface area contributed by atoms with E-state index in [1.807, 2.05) is 27.7 Å². The van der Waals surface area contributed by atoms with Crippen LogP contribution in [0.25, 0.3) is 0 Å². The molecule has 2 N–H and O–H groups in total. The lowest BCUT2D eigenvalue weighted by molar-refractivity contribution is 0.181. The molecule has 2 nitrogen and oxygen atoms in total. The molecule has 3 fully saturated rings. The summed E-state index contributed by atoms with van der Waals surface area (Å²) in [6.07, 6.45) is 6.74. The van der Waals surface area contributed by atoms with E-state index in [0.29, 0.717) is 17.4 Å². The van der Waals surface area contributed by atoms with Crippen LogP contribution in [0.3, 0.4) is 0 Å². The third kappa shape index (κ3) is 2.27. The van der Waals surface area contributed by atoms with Gasteiger partial charge < -0.3 is 10.2 Å². The van der Waals surface area contributed by atoms with Crippen molar-refractivity contribution in [3.8, 4) is 11.5 Å². The van der Waals surface area contributed by atoms with Crippen molar-refractivity contribution >= 4 is 0 Å². The molecule has 2 bridgehead atoms. The van der Waals surface area contributed by atoms with E-state index < -0.39 is 0 Å². The number of fused-ring (bicyclic) bond motifs is 5. The Morgan fingerprint density at radius 3 is 1.71 bits per heavy atom. The zero-order chi connectivity index (χ0) is 19.8. The van der Waals surface area contributed by atoms with E-state index in [1.54, 1.807) is 0 Å². The smallest absolute Gasteiger partial charge is 0.121 e. The summed E-state index contributed by atoms with van der Waals surface area (Å²) in [5.41, 5.74) is 6.69. The Hall–Kier alpha value is -1.96. The summed E-state index contributed by atoms with van der Waals surface area (Å²) in [5.74, 6) is 4.12. The number of aromatic hydroxyl groups is 2. The molecular formula is C26H32O2. The average Bonchev–Trinajstić information content (AvgIpc) is 3.35. The molecule has 3 aliphatic rings. The molecule has 0 aromatic heterocycles. The number of hydrogen-bond acceptors (Lipinski definition) is 2. The molecule has 2 aromatic carbocycles. The van der Waals surface area contributed by atoms with Crippen molar-refractivity contribution in [2.45, 2.75) is 65.2 Å². The normalized spacial score (nSPS) is 30.0. The average molecular weight is 377 g/mol. The van der Waals surface area contributed by atoms with Crippen molar-refractivity contribution in [2.24, 2.45) is 23.7 Å². The highest BCUT2D eigenvalue weighted by atomic mass is 16.3. The Morgan fingerprint density at radius 1 is 0.750 bits per heavy atom. The van der Waals surface area contributed by atoms with Gasteiger partial charge in [-0.3, -0.25) is 0 Å². The van der Waals surface area contributed by atoms with Crippen molar-refractivity contribution in [1.82, 2.24) is 0 Å². The number of aryl methyl sites for hydroxylation is 4. The van der Waals surface area contributed by atoms with Gasteiger partial charge in [0.25, 0.3) is 0 Å². The highest BCUT2D eigenvalue weighted by Gasteiger charge is 2.61. The molecule has 0 saturated heterocycles. The molecule has 3 aliphatic carbocycles. The van der Waals surface area contributed by atoms with Gasteiger partial charge in [0.15, 0.2) is 0 Å². The highest BCUT2D eigenvalue weighted by Crippen LogP contribution is 2.68. The Kier molecular flexibility index (Phi) is 3.89. The fourth-order valence-corrected chi connectivity index (χ4v) is 7.40. The van der Waals surface area contributed by atoms with Crippen LogP contribution >= 0.6 is 0 Å². The van der Waals surface area contributed by atoms with Gasteiger partial charge in [-0.1, -0.05) is 30.7 Å². The Balaban J connectivity index is 1.75. The standard InChI is InChI=1S/C26H32O2/c1-14-8-19(9-15(2)24(14)27)26(20-10-16(3)25(28)17(4)11-20)13-18-12-23(26)22-7-5-6-21(18)22/h8-11,18,21-23,27-28H,5-7,12-13H2,1-4H3. The summed E-state index contributed by atoms with van der Waals surface area (Å²) < 4.78 is 0. The van der Waals surface area contributed by atoms with Crippen LogP contribution in [0.4, 0.5) is 0 Å². The van der Waals surface area contributed by atoms with Crippen LogP contribution in [-0.4, -0.2) is 10.2 Å². The molecule has 2 aromatic rings. The van der Waals surface area contributed by atoms with Gasteiger partial charge in [-0.05, 0) is 110 Å². The van der Waals surface area contributed by atoms with Crippen molar-refractivity contribution in [3.63, 3.8) is 0 Å². The van der Waals surface area contributed by atoms with Gasteiger partial charge in [0.2, 0.25) is 0 Å². The first-order valence-electron chi connectivity index (χ1n) is 10.9. The minimum Gasteiger partial charge on any atom is -0.507 e. The van der Waals surface area contributed by atoms with E-state index in [0.717, 1.165) is 40.0 Å². The van der Waals surface area contributed by atoms with Crippen LogP contribution in [0.2, 0.25) is 0 Å². The number of phenols is 2. The van der Waals surface area contributed by atoms with E-state index in [9.17, 15) is 10.2 Å². The fraction of sp³-hybridized carbons (Fsp3) is 0.538. The molecule has 28 heavy (non-hydrogen) atoms. The molecule has 4 atom stereocenters. The van der Waals surface area contributed by atoms with Gasteiger partial charge in [0.1, 0.15) is 11.5 Å². The van der Waals surface area contributed by atoms with E-state index in [2.05, 4.69) is 24.3 Å². The number of phenolic OH excluding ortho intramolecular Hbond substituents is 2. The second-order valence-corrected chi connectivity index (χ2v) is 9.95. The third-order valence-electron chi connectivity index (χ3n) is 8.53. The van der Waals surface area contributed by atoms with Crippen molar-refractivity contribution < 1.29 is 10.2 Å². The lowest BCUT2D eigenvalue weighted by atomic mass is 9.59. The lowest BCUT2D eigenvalue weighted by Gasteiger charge is -2.45. The molecule has 5 rings (SSSR count). The fourth-order valence-electron chi connectivity index (χ4n) is 7.40. The third-order valence-corrected chi connectivity index (χ3v) is 8.53. The second kappa shape index (κ2) is 6.02. The maximum Gasteiger partial charge on any atom is 0.121 e. The Morgan fingerprint density at radius 2 is 1.21 bits per heavy atom. The van der Waals surface area contributed by atoms with Gasteiger partial charge in [-0.15, -0.1) is 0 Å². The first kappa shape index (κ1) is 18.1. The van der Waals surface area contributed by atoms with Crippen LogP contribution < -0.4 is 0 Å². The molecule has 0 spiro atoms. The summed E-state index contributed by atoms with van der Waals surface area (Å²) in [5, 5.41) is 20.8. The molecule has 0 heterocycles. The molecule has 2 heteroatoms. The minimum atomic E-state index is 0.0165. The lowest BCUT2D eigenvalue weighted by Crippen LogP contribution is -2.40. The molecule has 0 radical (unpaired) electrons. The summed E-state index contributed by atoms with van der Waals surface area (Å²) >= 11 is 0. The molecule has 3 saturated carbocycles. The first-order valence-corrected chi connectivity index (χ1v) is 10.9. The Labute approximate surface area is 168 Å². The molecular weight excluding hydrogens is 344 g/mol. The van der Waals surface area contributed by atoms with Crippen LogP contribution in [0.1, 0.15) is 65.5 Å². The topological polar surface area (TPSA) is 40.5 Å². The molecule has 0 aliphatic heterocycles. The summed E-state index contributed by atoms with van der Waals surface area (Å²) in [4.78, 5) is 0. The molecule has 4 unspecified atom stereocenters. The maximum absolute atomic E-state index is 10.4. The summed E-state index contributed by atoms with van der Waals surface area (Å²) in [6, 6.07) is 8.96. The summed E-state index contributed by atoms with van der Waals surface area (Å²) in [6.45, 7) is 8.10. The van der Waals surface area contributed by atoms with Gasteiger partial charge in [-0.2, -0.15) is 0 Å². The zero-order valence-electron chi connectivity index (χ0n) is 17.5. The minimum absolute atomic E-state index is 0.0165. The highest BCUT2D eigenvalue weighted by molar-refractivity contribution is 5.54. The monoisotopic (exact) mass is 376 g/mol. The quantitative estimate of drug-likeness (QED) is 0.667. The van der Waals surface area contributed by atoms with E-state index in [1.165, 1.54) is 43.2 Å². The van der Waals surface area contributed by atoms with E-state index in [4.69, 9.17) is 0 Å². The predicted molar refractivity (Wildman–Crippen MR) is 113 cm³/mol. The van der Waals surface area contributed by atoms with E-state index >= 15 is 0 Å². The Bertz CT molecular complexity index is 853. The SMILES string of the molecule is Cc1cc(C2(c3cc(C)c(O)c(C)c3)CC3CC2C2CCCC32)cc(C)c1O. The van der Waals surface area contributed by atoms with Crippen LogP contribution in [0.15, 0.2) is 24.3 Å². The number of hydrogen-bond donors (Lipinski definition) is 2. The van der Waals surface area contributed by atoms with Crippen LogP contribution in [0, 0.1) is 51.4 Å². The molecule has 148 valence electrons. The van der Waals surface area contributed by atoms with Crippen molar-refractivity contribution in [3.05, 3.63) is 57.6 Å². The largest absolute Gasteiger partial charge is 0.507 e. The van der Waals surface area contributed by atoms with Crippen molar-refractivity contribution in [2.75, 3.05) is 0 Å². The van der Waals surface area contributed by atoms with Crippen LogP contribution in [0.5, 0.6) is 11.5 Å². The second-order valence-electron chi connectivity index (χ2n) is 9.95.